The van der Waals surface area contributed by atoms with Crippen LogP contribution >= 0.6 is 0 Å². The molecule has 0 N–H and O–H groups in total. The molecule has 3 heteroatoms. The van der Waals surface area contributed by atoms with E-state index in [9.17, 15) is 9.18 Å². The quantitative estimate of drug-likeness (QED) is 0.334. The first-order valence-electron chi connectivity index (χ1n) is 2.79. The Labute approximate surface area is 59.0 Å². The van der Waals surface area contributed by atoms with E-state index in [-0.39, 0.29) is 0 Å². The molecule has 0 aromatic heterocycles. The van der Waals surface area contributed by atoms with Crippen LogP contribution in [0.4, 0.5) is 4.39 Å². The fourth-order valence-corrected chi connectivity index (χ4v) is 0.346. The second-order valence-corrected chi connectivity index (χ2v) is 1.53. The molecule has 0 fully saturated rings. The fourth-order valence-electron chi connectivity index (χ4n) is 0.346. The van der Waals surface area contributed by atoms with Gasteiger partial charge in [-0.2, -0.15) is 4.39 Å². The van der Waals surface area contributed by atoms with E-state index in [1.807, 2.05) is 0 Å². The third-order valence-electron chi connectivity index (χ3n) is 0.815. The molecule has 0 aliphatic rings. The highest BCUT2D eigenvalue weighted by molar-refractivity contribution is 5.86. The van der Waals surface area contributed by atoms with Crippen molar-refractivity contribution in [3.63, 3.8) is 0 Å². The Morgan fingerprint density at radius 2 is 2.20 bits per heavy atom. The average molecular weight is 144 g/mol. The van der Waals surface area contributed by atoms with E-state index < -0.39 is 11.8 Å². The van der Waals surface area contributed by atoms with Crippen molar-refractivity contribution >= 4 is 5.97 Å². The van der Waals surface area contributed by atoms with E-state index in [1.165, 1.54) is 6.08 Å². The predicted molar refractivity (Wildman–Crippen MR) is 36.0 cm³/mol. The zero-order chi connectivity index (χ0) is 7.98. The van der Waals surface area contributed by atoms with E-state index in [1.54, 1.807) is 13.0 Å². The smallest absolute Gasteiger partial charge is 0.366 e. The summed E-state index contributed by atoms with van der Waals surface area (Å²) in [5.41, 5.74) is 0. The van der Waals surface area contributed by atoms with Crippen LogP contribution in [0.2, 0.25) is 0 Å². The van der Waals surface area contributed by atoms with Gasteiger partial charge in [-0.3, -0.25) is 0 Å². The number of carbonyl (C=O) groups excluding carboxylic acids is 1. The summed E-state index contributed by atoms with van der Waals surface area (Å²) in [5.74, 6) is -1.83. The molecular weight excluding hydrogens is 135 g/mol. The van der Waals surface area contributed by atoms with Crippen molar-refractivity contribution in [1.29, 1.82) is 0 Å². The Balaban J connectivity index is 4.05. The molecule has 2 nitrogen and oxygen atoms in total. The summed E-state index contributed by atoms with van der Waals surface area (Å²) < 4.78 is 16.4. The predicted octanol–water partition coefficient (Wildman–Crippen LogP) is 1.59. The lowest BCUT2D eigenvalue weighted by molar-refractivity contribution is -0.137. The topological polar surface area (TPSA) is 26.3 Å². The first-order chi connectivity index (χ1) is 4.72. The van der Waals surface area contributed by atoms with E-state index >= 15 is 0 Å². The Kier molecular flexibility index (Phi) is 4.20. The van der Waals surface area contributed by atoms with Crippen LogP contribution in [0.3, 0.4) is 0 Å². The van der Waals surface area contributed by atoms with E-state index in [0.29, 0.717) is 0 Å². The number of halogens is 1. The largest absolute Gasteiger partial charge is 0.464 e. The van der Waals surface area contributed by atoms with Gasteiger partial charge in [0.05, 0.1) is 7.11 Å². The van der Waals surface area contributed by atoms with Crippen molar-refractivity contribution < 1.29 is 13.9 Å². The van der Waals surface area contributed by atoms with E-state index in [0.717, 1.165) is 13.2 Å². The SMILES string of the molecule is C/C=C/C=C(\F)C(=O)OC. The monoisotopic (exact) mass is 144 g/mol. The van der Waals surface area contributed by atoms with Gasteiger partial charge in [-0.1, -0.05) is 12.2 Å². The highest BCUT2D eigenvalue weighted by Gasteiger charge is 2.04. The summed E-state index contributed by atoms with van der Waals surface area (Å²) in [6.07, 6.45) is 4.08. The molecule has 0 aromatic carbocycles. The molecule has 0 unspecified atom stereocenters. The summed E-state index contributed by atoms with van der Waals surface area (Å²) in [7, 11) is 1.13. The molecule has 0 rings (SSSR count). The van der Waals surface area contributed by atoms with Gasteiger partial charge in [0.1, 0.15) is 0 Å². The van der Waals surface area contributed by atoms with Gasteiger partial charge in [0, 0.05) is 0 Å². The molecule has 0 saturated heterocycles. The molecule has 0 amide bonds. The highest BCUT2D eigenvalue weighted by atomic mass is 19.1. The molecule has 56 valence electrons. The number of ether oxygens (including phenoxy) is 1. The molecule has 0 aliphatic heterocycles. The summed E-state index contributed by atoms with van der Waals surface area (Å²) in [6, 6.07) is 0. The second-order valence-electron chi connectivity index (χ2n) is 1.53. The third-order valence-corrected chi connectivity index (χ3v) is 0.815. The molecule has 0 spiro atoms. The molecule has 0 heterocycles. The maximum atomic E-state index is 12.3. The van der Waals surface area contributed by atoms with Crippen molar-refractivity contribution in [3.8, 4) is 0 Å². The molecule has 0 aromatic rings. The van der Waals surface area contributed by atoms with Crippen LogP contribution in [0, 0.1) is 0 Å². The zero-order valence-electron chi connectivity index (χ0n) is 5.93. The molecule has 0 saturated carbocycles. The Bertz CT molecular complexity index is 170. The average Bonchev–Trinajstić information content (AvgIpc) is 1.98. The standard InChI is InChI=1S/C7H9FO2/c1-3-4-5-6(8)7(9)10-2/h3-5H,1-2H3/b4-3+,6-5-. The van der Waals surface area contributed by atoms with Crippen molar-refractivity contribution in [2.24, 2.45) is 0 Å². The van der Waals surface area contributed by atoms with Crippen LogP contribution in [-0.2, 0) is 9.53 Å². The summed E-state index contributed by atoms with van der Waals surface area (Å²) >= 11 is 0. The van der Waals surface area contributed by atoms with Gasteiger partial charge in [-0.15, -0.1) is 0 Å². The normalized spacial score (nSPS) is 12.1. The molecular formula is C7H9FO2. The number of rotatable bonds is 2. The van der Waals surface area contributed by atoms with Gasteiger partial charge in [0.25, 0.3) is 0 Å². The van der Waals surface area contributed by atoms with Crippen LogP contribution in [0.5, 0.6) is 0 Å². The van der Waals surface area contributed by atoms with Crippen LogP contribution in [0.1, 0.15) is 6.92 Å². The number of hydrogen-bond acceptors (Lipinski definition) is 2. The maximum Gasteiger partial charge on any atom is 0.366 e. The number of methoxy groups -OCH3 is 1. The van der Waals surface area contributed by atoms with E-state index in [2.05, 4.69) is 4.74 Å². The minimum Gasteiger partial charge on any atom is -0.464 e. The molecule has 0 aliphatic carbocycles. The van der Waals surface area contributed by atoms with Gasteiger partial charge in [-0.05, 0) is 13.0 Å². The minimum atomic E-state index is -0.946. The van der Waals surface area contributed by atoms with Gasteiger partial charge in [0.15, 0.2) is 0 Å². The lowest BCUT2D eigenvalue weighted by atomic mass is 10.4. The Morgan fingerprint density at radius 1 is 1.60 bits per heavy atom. The lowest BCUT2D eigenvalue weighted by Gasteiger charge is -1.90. The van der Waals surface area contributed by atoms with Crippen molar-refractivity contribution in [1.82, 2.24) is 0 Å². The van der Waals surface area contributed by atoms with E-state index in [4.69, 9.17) is 0 Å². The Hall–Kier alpha value is -1.12. The van der Waals surface area contributed by atoms with Crippen molar-refractivity contribution in [2.75, 3.05) is 7.11 Å². The van der Waals surface area contributed by atoms with Gasteiger partial charge >= 0.3 is 5.97 Å². The lowest BCUT2D eigenvalue weighted by Crippen LogP contribution is -1.99. The Morgan fingerprint density at radius 3 is 2.60 bits per heavy atom. The molecule has 0 bridgehead atoms. The van der Waals surface area contributed by atoms with Crippen LogP contribution in [0.25, 0.3) is 0 Å². The number of carbonyl (C=O) groups is 1. The van der Waals surface area contributed by atoms with Gasteiger partial charge in [-0.25, -0.2) is 4.79 Å². The van der Waals surface area contributed by atoms with Crippen LogP contribution in [-0.4, -0.2) is 13.1 Å². The zero-order valence-corrected chi connectivity index (χ0v) is 5.93. The molecule has 10 heavy (non-hydrogen) atoms. The summed E-state index contributed by atoms with van der Waals surface area (Å²) in [6.45, 7) is 1.72. The van der Waals surface area contributed by atoms with Crippen LogP contribution in [0.15, 0.2) is 24.1 Å². The number of allylic oxidation sites excluding steroid dienone is 3. The maximum absolute atomic E-state index is 12.3. The number of hydrogen-bond donors (Lipinski definition) is 0. The summed E-state index contributed by atoms with van der Waals surface area (Å²) in [4.78, 5) is 10.3. The number of esters is 1. The minimum absolute atomic E-state index is 0.888. The van der Waals surface area contributed by atoms with Gasteiger partial charge < -0.3 is 4.74 Å². The molecule has 0 atom stereocenters. The fraction of sp³-hybridized carbons (Fsp3) is 0.286. The highest BCUT2D eigenvalue weighted by Crippen LogP contribution is 1.98. The first-order valence-corrected chi connectivity index (χ1v) is 2.79. The first kappa shape index (κ1) is 8.88. The third kappa shape index (κ3) is 3.02. The van der Waals surface area contributed by atoms with Crippen LogP contribution < -0.4 is 0 Å². The summed E-state index contributed by atoms with van der Waals surface area (Å²) in [5, 5.41) is 0. The van der Waals surface area contributed by atoms with Crippen molar-refractivity contribution in [2.45, 2.75) is 6.92 Å². The second kappa shape index (κ2) is 4.73. The molecule has 0 radical (unpaired) electrons. The van der Waals surface area contributed by atoms with Gasteiger partial charge in [0.2, 0.25) is 5.83 Å². The van der Waals surface area contributed by atoms with Crippen molar-refractivity contribution in [3.05, 3.63) is 24.1 Å².